The van der Waals surface area contributed by atoms with Gasteiger partial charge in [0.15, 0.2) is 0 Å². The molecule has 0 unspecified atom stereocenters. The van der Waals surface area contributed by atoms with Crippen LogP contribution in [0.15, 0.2) is 30.3 Å². The van der Waals surface area contributed by atoms with E-state index in [0.29, 0.717) is 5.69 Å². The molecule has 1 fully saturated rings. The Morgan fingerprint density at radius 2 is 1.65 bits per heavy atom. The van der Waals surface area contributed by atoms with Crippen molar-refractivity contribution >= 4 is 17.4 Å². The predicted octanol–water partition coefficient (Wildman–Crippen LogP) is 2.77. The fourth-order valence-electron chi connectivity index (χ4n) is 2.26. The van der Waals surface area contributed by atoms with Crippen LogP contribution in [0.1, 0.15) is 32.1 Å². The molecule has 3 heteroatoms. The van der Waals surface area contributed by atoms with Gasteiger partial charge in [-0.05, 0) is 25.0 Å². The fraction of sp³-hybridized carbons (Fsp3) is 0.429. The molecule has 17 heavy (non-hydrogen) atoms. The first-order chi connectivity index (χ1) is 8.27. The molecule has 1 aromatic carbocycles. The predicted molar refractivity (Wildman–Crippen MR) is 66.7 cm³/mol. The Hall–Kier alpha value is -1.64. The summed E-state index contributed by atoms with van der Waals surface area (Å²) >= 11 is 0. The standard InChI is InChI=1S/C14H17NO2/c16-13(11-7-3-1-4-8-11)14(17)15-12-9-5-2-6-10-12/h2,5-6,9-11H,1,3-4,7-8H2,(H,15,17). The van der Waals surface area contributed by atoms with Gasteiger partial charge in [-0.15, -0.1) is 0 Å². The molecule has 0 spiro atoms. The largest absolute Gasteiger partial charge is 0.319 e. The Morgan fingerprint density at radius 3 is 2.29 bits per heavy atom. The molecule has 1 amide bonds. The number of carbonyl (C=O) groups excluding carboxylic acids is 2. The molecule has 1 aliphatic carbocycles. The van der Waals surface area contributed by atoms with Crippen molar-refractivity contribution in [1.82, 2.24) is 0 Å². The van der Waals surface area contributed by atoms with Crippen LogP contribution in [-0.2, 0) is 9.59 Å². The molecule has 0 aromatic heterocycles. The number of hydrogen-bond donors (Lipinski definition) is 1. The van der Waals surface area contributed by atoms with E-state index in [0.717, 1.165) is 25.7 Å². The summed E-state index contributed by atoms with van der Waals surface area (Å²) in [5.41, 5.74) is 0.682. The van der Waals surface area contributed by atoms with Crippen LogP contribution in [0.25, 0.3) is 0 Å². The number of hydrogen-bond acceptors (Lipinski definition) is 2. The van der Waals surface area contributed by atoms with Gasteiger partial charge in [0.1, 0.15) is 0 Å². The number of ketones is 1. The summed E-state index contributed by atoms with van der Waals surface area (Å²) in [6.07, 6.45) is 5.04. The molecule has 0 heterocycles. The highest BCUT2D eigenvalue weighted by Gasteiger charge is 2.26. The van der Waals surface area contributed by atoms with Crippen LogP contribution >= 0.6 is 0 Å². The third kappa shape index (κ3) is 3.16. The van der Waals surface area contributed by atoms with Gasteiger partial charge < -0.3 is 5.32 Å². The zero-order valence-electron chi connectivity index (χ0n) is 9.82. The molecule has 0 saturated heterocycles. The summed E-state index contributed by atoms with van der Waals surface area (Å²) in [6, 6.07) is 9.11. The van der Waals surface area contributed by atoms with E-state index >= 15 is 0 Å². The SMILES string of the molecule is O=C(Nc1ccccc1)C(=O)C1CCCCC1. The lowest BCUT2D eigenvalue weighted by Crippen LogP contribution is -2.30. The number of amides is 1. The maximum Gasteiger partial charge on any atom is 0.292 e. The van der Waals surface area contributed by atoms with Gasteiger partial charge in [-0.2, -0.15) is 0 Å². The van der Waals surface area contributed by atoms with Gasteiger partial charge in [-0.25, -0.2) is 0 Å². The Morgan fingerprint density at radius 1 is 1.00 bits per heavy atom. The molecule has 90 valence electrons. The van der Waals surface area contributed by atoms with Crippen LogP contribution in [0.4, 0.5) is 5.69 Å². The third-order valence-corrected chi connectivity index (χ3v) is 3.23. The van der Waals surface area contributed by atoms with Crippen molar-refractivity contribution in [2.75, 3.05) is 5.32 Å². The summed E-state index contributed by atoms with van der Waals surface area (Å²) in [5.74, 6) is -0.788. The summed E-state index contributed by atoms with van der Waals surface area (Å²) < 4.78 is 0. The van der Waals surface area contributed by atoms with Gasteiger partial charge in [0, 0.05) is 11.6 Å². The highest BCUT2D eigenvalue weighted by molar-refractivity contribution is 6.41. The molecule has 3 nitrogen and oxygen atoms in total. The maximum atomic E-state index is 11.9. The smallest absolute Gasteiger partial charge is 0.292 e. The van der Waals surface area contributed by atoms with Gasteiger partial charge in [0.2, 0.25) is 5.78 Å². The third-order valence-electron chi connectivity index (χ3n) is 3.23. The highest BCUT2D eigenvalue weighted by atomic mass is 16.2. The van der Waals surface area contributed by atoms with E-state index in [1.54, 1.807) is 12.1 Å². The molecule has 1 N–H and O–H groups in total. The van der Waals surface area contributed by atoms with E-state index in [-0.39, 0.29) is 11.7 Å². The van der Waals surface area contributed by atoms with Crippen molar-refractivity contribution in [2.45, 2.75) is 32.1 Å². The van der Waals surface area contributed by atoms with Crippen LogP contribution < -0.4 is 5.32 Å². The average molecular weight is 231 g/mol. The number of benzene rings is 1. The van der Waals surface area contributed by atoms with Crippen molar-refractivity contribution in [1.29, 1.82) is 0 Å². The first kappa shape index (κ1) is 11.8. The number of para-hydroxylation sites is 1. The second-order valence-electron chi connectivity index (χ2n) is 4.52. The average Bonchev–Trinajstić information content (AvgIpc) is 2.40. The van der Waals surface area contributed by atoms with Gasteiger partial charge in [-0.3, -0.25) is 9.59 Å². The summed E-state index contributed by atoms with van der Waals surface area (Å²) in [6.45, 7) is 0. The molecular weight excluding hydrogens is 214 g/mol. The molecule has 0 atom stereocenters. The molecule has 0 radical (unpaired) electrons. The minimum atomic E-state index is -0.469. The molecular formula is C14H17NO2. The van der Waals surface area contributed by atoms with Crippen LogP contribution in [0, 0.1) is 5.92 Å². The Bertz CT molecular complexity index is 394. The fourth-order valence-corrected chi connectivity index (χ4v) is 2.26. The van der Waals surface area contributed by atoms with Crippen molar-refractivity contribution in [3.8, 4) is 0 Å². The lowest BCUT2D eigenvalue weighted by molar-refractivity contribution is -0.137. The van der Waals surface area contributed by atoms with Gasteiger partial charge in [0.25, 0.3) is 5.91 Å². The number of nitrogens with one attached hydrogen (secondary N) is 1. The van der Waals surface area contributed by atoms with Crippen molar-refractivity contribution in [2.24, 2.45) is 5.92 Å². The number of Topliss-reactive ketones (excluding diaryl/α,β-unsaturated/α-hetero) is 1. The zero-order valence-corrected chi connectivity index (χ0v) is 9.82. The molecule has 0 aliphatic heterocycles. The lowest BCUT2D eigenvalue weighted by atomic mass is 9.86. The Kier molecular flexibility index (Phi) is 3.91. The van der Waals surface area contributed by atoms with E-state index in [9.17, 15) is 9.59 Å². The van der Waals surface area contributed by atoms with Crippen molar-refractivity contribution < 1.29 is 9.59 Å². The van der Waals surface area contributed by atoms with Crippen molar-refractivity contribution in [3.63, 3.8) is 0 Å². The van der Waals surface area contributed by atoms with E-state index in [4.69, 9.17) is 0 Å². The normalized spacial score (nSPS) is 16.5. The molecule has 2 rings (SSSR count). The van der Waals surface area contributed by atoms with Crippen LogP contribution in [0.3, 0.4) is 0 Å². The maximum absolute atomic E-state index is 11.9. The van der Waals surface area contributed by atoms with Crippen molar-refractivity contribution in [3.05, 3.63) is 30.3 Å². The van der Waals surface area contributed by atoms with E-state index in [2.05, 4.69) is 5.32 Å². The van der Waals surface area contributed by atoms with Crippen LogP contribution in [0.5, 0.6) is 0 Å². The molecule has 1 aromatic rings. The monoisotopic (exact) mass is 231 g/mol. The number of anilines is 1. The number of carbonyl (C=O) groups is 2. The molecule has 1 saturated carbocycles. The van der Waals surface area contributed by atoms with Gasteiger partial charge in [-0.1, -0.05) is 37.5 Å². The van der Waals surface area contributed by atoms with E-state index < -0.39 is 5.91 Å². The quantitative estimate of drug-likeness (QED) is 0.813. The minimum absolute atomic E-state index is 0.0625. The first-order valence-corrected chi connectivity index (χ1v) is 6.17. The minimum Gasteiger partial charge on any atom is -0.319 e. The zero-order chi connectivity index (χ0) is 12.1. The second kappa shape index (κ2) is 5.62. The Balaban J connectivity index is 1.93. The molecule has 1 aliphatic rings. The summed E-state index contributed by atoms with van der Waals surface area (Å²) in [5, 5.41) is 2.65. The lowest BCUT2D eigenvalue weighted by Gasteiger charge is -2.19. The van der Waals surface area contributed by atoms with Gasteiger partial charge in [0.05, 0.1) is 0 Å². The highest BCUT2D eigenvalue weighted by Crippen LogP contribution is 2.24. The van der Waals surface area contributed by atoms with E-state index in [1.807, 2.05) is 18.2 Å². The summed E-state index contributed by atoms with van der Waals surface area (Å²) in [4.78, 5) is 23.6. The molecule has 0 bridgehead atoms. The van der Waals surface area contributed by atoms with Gasteiger partial charge >= 0.3 is 0 Å². The Labute approximate surface area is 101 Å². The van der Waals surface area contributed by atoms with Crippen LogP contribution in [-0.4, -0.2) is 11.7 Å². The topological polar surface area (TPSA) is 46.2 Å². The summed E-state index contributed by atoms with van der Waals surface area (Å²) in [7, 11) is 0. The number of rotatable bonds is 3. The van der Waals surface area contributed by atoms with E-state index in [1.165, 1.54) is 6.42 Å². The second-order valence-corrected chi connectivity index (χ2v) is 4.52. The van der Waals surface area contributed by atoms with Crippen LogP contribution in [0.2, 0.25) is 0 Å². The first-order valence-electron chi connectivity index (χ1n) is 6.17.